The van der Waals surface area contributed by atoms with E-state index >= 15 is 0 Å². The fraction of sp³-hybridized carbons (Fsp3) is 1.00. The molecule has 1 spiro atoms. The number of piperazine rings is 1. The van der Waals surface area contributed by atoms with Crippen LogP contribution in [0.25, 0.3) is 0 Å². The van der Waals surface area contributed by atoms with Crippen LogP contribution in [0.5, 0.6) is 0 Å². The highest BCUT2D eigenvalue weighted by Crippen LogP contribution is 2.43. The largest absolute Gasteiger partial charge is 0.380 e. The summed E-state index contributed by atoms with van der Waals surface area (Å²) in [7, 11) is 0. The van der Waals surface area contributed by atoms with Gasteiger partial charge in [-0.25, -0.2) is 0 Å². The van der Waals surface area contributed by atoms with Crippen molar-refractivity contribution in [3.8, 4) is 0 Å². The molecule has 1 saturated carbocycles. The highest BCUT2D eigenvalue weighted by atomic mass is 16.5. The fourth-order valence-corrected chi connectivity index (χ4v) is 4.83. The van der Waals surface area contributed by atoms with Crippen molar-refractivity contribution in [2.45, 2.75) is 76.5 Å². The average molecular weight is 325 g/mol. The lowest BCUT2D eigenvalue weighted by molar-refractivity contribution is -0.0557. The van der Waals surface area contributed by atoms with Crippen LogP contribution in [0, 0.1) is 0 Å². The topological polar surface area (TPSA) is 24.9 Å². The number of ether oxygens (including phenoxy) is 2. The van der Waals surface area contributed by atoms with E-state index in [1.807, 2.05) is 0 Å². The molecule has 3 rings (SSSR count). The molecule has 134 valence electrons. The van der Waals surface area contributed by atoms with Gasteiger partial charge in [0.25, 0.3) is 0 Å². The van der Waals surface area contributed by atoms with Crippen LogP contribution < -0.4 is 0 Å². The van der Waals surface area contributed by atoms with Crippen LogP contribution >= 0.6 is 0 Å². The third-order valence-electron chi connectivity index (χ3n) is 6.20. The molecule has 0 radical (unpaired) electrons. The normalized spacial score (nSPS) is 32.1. The van der Waals surface area contributed by atoms with Crippen LogP contribution in [0.3, 0.4) is 0 Å². The smallest absolute Gasteiger partial charge is 0.0710 e. The molecule has 23 heavy (non-hydrogen) atoms. The summed E-state index contributed by atoms with van der Waals surface area (Å²) >= 11 is 0. The third-order valence-corrected chi connectivity index (χ3v) is 6.20. The lowest BCUT2D eigenvalue weighted by Gasteiger charge is -2.42. The third kappa shape index (κ3) is 4.47. The van der Waals surface area contributed by atoms with Crippen molar-refractivity contribution in [2.75, 3.05) is 45.9 Å². The maximum Gasteiger partial charge on any atom is 0.0710 e. The maximum atomic E-state index is 6.51. The van der Waals surface area contributed by atoms with Gasteiger partial charge in [0, 0.05) is 45.4 Å². The Bertz CT molecular complexity index is 357. The van der Waals surface area contributed by atoms with Gasteiger partial charge in [-0.3, -0.25) is 9.80 Å². The zero-order valence-electron chi connectivity index (χ0n) is 15.3. The molecule has 0 aromatic rings. The highest BCUT2D eigenvalue weighted by Gasteiger charge is 2.42. The first kappa shape index (κ1) is 17.7. The van der Waals surface area contributed by atoms with E-state index in [9.17, 15) is 0 Å². The first-order valence-corrected chi connectivity index (χ1v) is 9.96. The Hall–Kier alpha value is -0.160. The summed E-state index contributed by atoms with van der Waals surface area (Å²) in [5.74, 6) is 0. The number of hydrogen-bond donors (Lipinski definition) is 0. The molecule has 1 aliphatic carbocycles. The second-order valence-corrected chi connectivity index (χ2v) is 7.72. The molecule has 4 heteroatoms. The number of rotatable bonds is 7. The zero-order chi connectivity index (χ0) is 16.1. The van der Waals surface area contributed by atoms with Gasteiger partial charge in [-0.2, -0.15) is 0 Å². The molecule has 2 heterocycles. The molecule has 3 fully saturated rings. The summed E-state index contributed by atoms with van der Waals surface area (Å²) in [6.07, 6.45) is 9.69. The quantitative estimate of drug-likeness (QED) is 0.672. The Labute approximate surface area is 142 Å². The Balaban J connectivity index is 1.43. The minimum atomic E-state index is 0.286. The van der Waals surface area contributed by atoms with Crippen LogP contribution in [0.4, 0.5) is 0 Å². The van der Waals surface area contributed by atoms with Crippen LogP contribution in [-0.2, 0) is 9.47 Å². The molecule has 0 unspecified atom stereocenters. The molecule has 0 aromatic carbocycles. The fourth-order valence-electron chi connectivity index (χ4n) is 4.83. The molecule has 0 amide bonds. The standard InChI is InChI=1S/C19H36N2O2/c1-3-17-15-20(11-12-21(17)13-14-22-4-2)16-18-7-10-19(23-18)8-5-6-9-19/h17-18H,3-16H2,1-2H3/t17-,18-/m0/s1. The zero-order valence-corrected chi connectivity index (χ0v) is 15.3. The average Bonchev–Trinajstić information content (AvgIpc) is 3.19. The Morgan fingerprint density at radius 3 is 2.70 bits per heavy atom. The van der Waals surface area contributed by atoms with Gasteiger partial charge in [-0.1, -0.05) is 19.8 Å². The Morgan fingerprint density at radius 1 is 1.13 bits per heavy atom. The second-order valence-electron chi connectivity index (χ2n) is 7.72. The van der Waals surface area contributed by atoms with E-state index < -0.39 is 0 Å². The van der Waals surface area contributed by atoms with E-state index in [1.165, 1.54) is 64.6 Å². The maximum absolute atomic E-state index is 6.51. The van der Waals surface area contributed by atoms with E-state index in [-0.39, 0.29) is 5.60 Å². The monoisotopic (exact) mass is 324 g/mol. The Morgan fingerprint density at radius 2 is 1.96 bits per heavy atom. The predicted octanol–water partition coefficient (Wildman–Crippen LogP) is 2.91. The number of hydrogen-bond acceptors (Lipinski definition) is 4. The van der Waals surface area contributed by atoms with E-state index in [2.05, 4.69) is 23.6 Å². The van der Waals surface area contributed by atoms with E-state index in [0.717, 1.165) is 26.3 Å². The summed E-state index contributed by atoms with van der Waals surface area (Å²) in [5, 5.41) is 0. The van der Waals surface area contributed by atoms with Crippen molar-refractivity contribution in [1.82, 2.24) is 9.80 Å². The van der Waals surface area contributed by atoms with Crippen molar-refractivity contribution in [3.05, 3.63) is 0 Å². The summed E-state index contributed by atoms with van der Waals surface area (Å²) in [6, 6.07) is 0.686. The molecular weight excluding hydrogens is 288 g/mol. The molecule has 0 N–H and O–H groups in total. The number of nitrogens with zero attached hydrogens (tertiary/aromatic N) is 2. The summed E-state index contributed by atoms with van der Waals surface area (Å²) in [4.78, 5) is 5.28. The summed E-state index contributed by atoms with van der Waals surface area (Å²) < 4.78 is 12.1. The summed E-state index contributed by atoms with van der Waals surface area (Å²) in [5.41, 5.74) is 0.286. The van der Waals surface area contributed by atoms with Gasteiger partial charge in [0.1, 0.15) is 0 Å². The van der Waals surface area contributed by atoms with Crippen molar-refractivity contribution >= 4 is 0 Å². The second kappa shape index (κ2) is 8.28. The van der Waals surface area contributed by atoms with E-state index in [1.54, 1.807) is 0 Å². The first-order chi connectivity index (χ1) is 11.2. The molecule has 0 bridgehead atoms. The van der Waals surface area contributed by atoms with Gasteiger partial charge < -0.3 is 9.47 Å². The minimum absolute atomic E-state index is 0.286. The van der Waals surface area contributed by atoms with Crippen molar-refractivity contribution in [3.63, 3.8) is 0 Å². The minimum Gasteiger partial charge on any atom is -0.380 e. The van der Waals surface area contributed by atoms with E-state index in [0.29, 0.717) is 12.1 Å². The highest BCUT2D eigenvalue weighted by molar-refractivity contribution is 4.94. The molecular formula is C19H36N2O2. The van der Waals surface area contributed by atoms with Gasteiger partial charge >= 0.3 is 0 Å². The lowest BCUT2D eigenvalue weighted by Crippen LogP contribution is -2.55. The van der Waals surface area contributed by atoms with Gasteiger partial charge in [0.05, 0.1) is 18.3 Å². The van der Waals surface area contributed by atoms with Gasteiger partial charge in [0.2, 0.25) is 0 Å². The molecule has 4 nitrogen and oxygen atoms in total. The summed E-state index contributed by atoms with van der Waals surface area (Å²) in [6.45, 7) is 11.9. The first-order valence-electron chi connectivity index (χ1n) is 9.96. The SMILES string of the molecule is CCOCCN1CCN(C[C@@H]2CCC3(CCCC3)O2)C[C@@H]1CC. The van der Waals surface area contributed by atoms with Crippen LogP contribution in [0.15, 0.2) is 0 Å². The van der Waals surface area contributed by atoms with Crippen molar-refractivity contribution in [2.24, 2.45) is 0 Å². The van der Waals surface area contributed by atoms with Gasteiger partial charge in [-0.05, 0) is 39.0 Å². The molecule has 2 aliphatic heterocycles. The van der Waals surface area contributed by atoms with Crippen molar-refractivity contribution < 1.29 is 9.47 Å². The van der Waals surface area contributed by atoms with E-state index in [4.69, 9.17) is 9.47 Å². The van der Waals surface area contributed by atoms with Crippen molar-refractivity contribution in [1.29, 1.82) is 0 Å². The van der Waals surface area contributed by atoms with Crippen LogP contribution in [-0.4, -0.2) is 73.5 Å². The van der Waals surface area contributed by atoms with Gasteiger partial charge in [0.15, 0.2) is 0 Å². The van der Waals surface area contributed by atoms with Crippen LogP contribution in [0.1, 0.15) is 58.8 Å². The van der Waals surface area contributed by atoms with Crippen LogP contribution in [0.2, 0.25) is 0 Å². The van der Waals surface area contributed by atoms with Gasteiger partial charge in [-0.15, -0.1) is 0 Å². The molecule has 2 atom stereocenters. The molecule has 2 saturated heterocycles. The Kier molecular flexibility index (Phi) is 6.36. The molecule has 0 aromatic heterocycles. The molecule has 3 aliphatic rings. The predicted molar refractivity (Wildman–Crippen MR) is 93.9 cm³/mol. The lowest BCUT2D eigenvalue weighted by atomic mass is 9.98.